The lowest BCUT2D eigenvalue weighted by atomic mass is 10.3. The van der Waals surface area contributed by atoms with Crippen molar-refractivity contribution in [3.05, 3.63) is 16.3 Å². The molecule has 2 N–H and O–H groups in total. The molecule has 0 saturated carbocycles. The zero-order valence-corrected chi connectivity index (χ0v) is 13.7. The van der Waals surface area contributed by atoms with Gasteiger partial charge in [-0.2, -0.15) is 0 Å². The van der Waals surface area contributed by atoms with Crippen molar-refractivity contribution in [2.24, 2.45) is 0 Å². The molecular formula is C13H23N3O2S2. The summed E-state index contributed by atoms with van der Waals surface area (Å²) in [5.41, 5.74) is 0. The van der Waals surface area contributed by atoms with E-state index in [0.717, 1.165) is 43.9 Å². The van der Waals surface area contributed by atoms with E-state index in [1.165, 1.54) is 11.3 Å². The second-order valence-corrected chi connectivity index (χ2v) is 8.00. The maximum absolute atomic E-state index is 12.3. The van der Waals surface area contributed by atoms with Gasteiger partial charge in [0, 0.05) is 29.4 Å². The number of nitrogens with zero attached hydrogens (tertiary/aromatic N) is 1. The van der Waals surface area contributed by atoms with Crippen LogP contribution >= 0.6 is 11.3 Å². The molecule has 7 heteroatoms. The van der Waals surface area contributed by atoms with Gasteiger partial charge in [0.15, 0.2) is 0 Å². The minimum absolute atomic E-state index is 0.0339. The minimum Gasteiger partial charge on any atom is -0.312 e. The first kappa shape index (κ1) is 15.9. The maximum Gasteiger partial charge on any atom is 0.241 e. The van der Waals surface area contributed by atoms with Crippen LogP contribution in [-0.2, 0) is 16.6 Å². The van der Waals surface area contributed by atoms with Crippen LogP contribution in [0, 0.1) is 0 Å². The van der Waals surface area contributed by atoms with Gasteiger partial charge in [0.05, 0.1) is 4.90 Å². The Kier molecular flexibility index (Phi) is 5.57. The Hall–Kier alpha value is -0.470. The lowest BCUT2D eigenvalue weighted by Crippen LogP contribution is -2.36. The van der Waals surface area contributed by atoms with Gasteiger partial charge in [0.25, 0.3) is 0 Å². The van der Waals surface area contributed by atoms with Crippen molar-refractivity contribution in [2.75, 3.05) is 26.7 Å². The van der Waals surface area contributed by atoms with E-state index in [2.05, 4.69) is 21.9 Å². The van der Waals surface area contributed by atoms with Crippen LogP contribution in [0.25, 0.3) is 0 Å². The van der Waals surface area contributed by atoms with Gasteiger partial charge >= 0.3 is 0 Å². The Bertz CT molecular complexity index is 527. The van der Waals surface area contributed by atoms with E-state index in [9.17, 15) is 8.42 Å². The highest BCUT2D eigenvalue weighted by atomic mass is 32.2. The second kappa shape index (κ2) is 7.00. The molecule has 1 unspecified atom stereocenters. The molecule has 0 radical (unpaired) electrons. The van der Waals surface area contributed by atoms with Crippen molar-refractivity contribution in [1.29, 1.82) is 0 Å². The summed E-state index contributed by atoms with van der Waals surface area (Å²) in [6.45, 7) is 5.53. The van der Waals surface area contributed by atoms with Crippen molar-refractivity contribution in [2.45, 2.75) is 37.2 Å². The van der Waals surface area contributed by atoms with E-state index < -0.39 is 10.0 Å². The van der Waals surface area contributed by atoms with Crippen LogP contribution in [0.5, 0.6) is 0 Å². The van der Waals surface area contributed by atoms with Gasteiger partial charge in [-0.1, -0.05) is 6.92 Å². The molecule has 0 amide bonds. The van der Waals surface area contributed by atoms with Crippen molar-refractivity contribution in [3.8, 4) is 0 Å². The molecule has 1 aliphatic rings. The molecule has 0 bridgehead atoms. The molecule has 1 aliphatic heterocycles. The summed E-state index contributed by atoms with van der Waals surface area (Å²) < 4.78 is 27.4. The number of likely N-dealkylation sites (N-methyl/N-ethyl adjacent to an activating group) is 1. The van der Waals surface area contributed by atoms with Crippen molar-refractivity contribution in [1.82, 2.24) is 14.9 Å². The van der Waals surface area contributed by atoms with Gasteiger partial charge in [-0.25, -0.2) is 13.1 Å². The molecule has 20 heavy (non-hydrogen) atoms. The molecular weight excluding hydrogens is 294 g/mol. The highest BCUT2D eigenvalue weighted by Gasteiger charge is 2.25. The molecule has 0 spiro atoms. The van der Waals surface area contributed by atoms with E-state index in [4.69, 9.17) is 0 Å². The summed E-state index contributed by atoms with van der Waals surface area (Å²) >= 11 is 1.49. The van der Waals surface area contributed by atoms with Crippen LogP contribution in [0.3, 0.4) is 0 Å². The fourth-order valence-electron chi connectivity index (χ4n) is 2.30. The maximum atomic E-state index is 12.3. The first-order chi connectivity index (χ1) is 9.51. The number of nitrogens with one attached hydrogen (secondary N) is 2. The fraction of sp³-hybridized carbons (Fsp3) is 0.692. The van der Waals surface area contributed by atoms with Gasteiger partial charge in [-0.3, -0.25) is 0 Å². The minimum atomic E-state index is -3.37. The Balaban J connectivity index is 1.95. The van der Waals surface area contributed by atoms with Gasteiger partial charge in [0.1, 0.15) is 0 Å². The molecule has 1 atom stereocenters. The van der Waals surface area contributed by atoms with Gasteiger partial charge in [-0.15, -0.1) is 11.3 Å². The average Bonchev–Trinajstić information content (AvgIpc) is 2.99. The monoisotopic (exact) mass is 317 g/mol. The lowest BCUT2D eigenvalue weighted by Gasteiger charge is -2.12. The zero-order valence-electron chi connectivity index (χ0n) is 12.1. The zero-order chi connectivity index (χ0) is 14.6. The number of sulfonamides is 1. The van der Waals surface area contributed by atoms with Crippen LogP contribution in [0.1, 0.15) is 24.6 Å². The van der Waals surface area contributed by atoms with E-state index in [-0.39, 0.29) is 6.04 Å². The SMILES string of the molecule is CCCNCc1cc(S(=O)(=O)NC2CCN(C)C2)cs1. The highest BCUT2D eigenvalue weighted by Crippen LogP contribution is 2.20. The highest BCUT2D eigenvalue weighted by molar-refractivity contribution is 7.89. The van der Waals surface area contributed by atoms with Crippen molar-refractivity contribution < 1.29 is 8.42 Å². The van der Waals surface area contributed by atoms with Gasteiger partial charge < -0.3 is 10.2 Å². The molecule has 114 valence electrons. The van der Waals surface area contributed by atoms with Crippen LogP contribution in [0.2, 0.25) is 0 Å². The summed E-state index contributed by atoms with van der Waals surface area (Å²) in [7, 11) is -1.36. The predicted molar refractivity (Wildman–Crippen MR) is 82.5 cm³/mol. The lowest BCUT2D eigenvalue weighted by molar-refractivity contribution is 0.407. The summed E-state index contributed by atoms with van der Waals surface area (Å²) in [5.74, 6) is 0. The Labute approximate surface area is 125 Å². The summed E-state index contributed by atoms with van der Waals surface area (Å²) in [6.07, 6.45) is 1.96. The van der Waals surface area contributed by atoms with Gasteiger partial charge in [0.2, 0.25) is 10.0 Å². The molecule has 0 aromatic carbocycles. The fourth-order valence-corrected chi connectivity index (χ4v) is 4.81. The standard InChI is InChI=1S/C13H23N3O2S2/c1-3-5-14-8-12-7-13(10-19-12)20(17,18)15-11-4-6-16(2)9-11/h7,10-11,14-15H,3-6,8-9H2,1-2H3. The first-order valence-corrected chi connectivity index (χ1v) is 9.36. The Morgan fingerprint density at radius 3 is 2.95 bits per heavy atom. The van der Waals surface area contributed by atoms with E-state index in [1.807, 2.05) is 7.05 Å². The molecule has 1 aromatic rings. The molecule has 2 rings (SSSR count). The molecule has 1 saturated heterocycles. The molecule has 2 heterocycles. The number of likely N-dealkylation sites (tertiary alicyclic amines) is 1. The largest absolute Gasteiger partial charge is 0.312 e. The molecule has 0 aliphatic carbocycles. The van der Waals surface area contributed by atoms with Crippen LogP contribution in [0.15, 0.2) is 16.3 Å². The summed E-state index contributed by atoms with van der Waals surface area (Å²) in [6, 6.07) is 1.81. The normalized spacial score (nSPS) is 20.6. The third-order valence-corrected chi connectivity index (χ3v) is 5.97. The third kappa shape index (κ3) is 4.26. The van der Waals surface area contributed by atoms with Crippen LogP contribution < -0.4 is 10.0 Å². The van der Waals surface area contributed by atoms with E-state index in [0.29, 0.717) is 4.90 Å². The number of hydrogen-bond donors (Lipinski definition) is 2. The van der Waals surface area contributed by atoms with Crippen molar-refractivity contribution in [3.63, 3.8) is 0 Å². The number of rotatable bonds is 7. The second-order valence-electron chi connectivity index (χ2n) is 5.29. The van der Waals surface area contributed by atoms with Crippen molar-refractivity contribution >= 4 is 21.4 Å². The summed E-state index contributed by atoms with van der Waals surface area (Å²) in [5, 5.41) is 5.01. The molecule has 5 nitrogen and oxygen atoms in total. The Morgan fingerprint density at radius 2 is 2.30 bits per heavy atom. The van der Waals surface area contributed by atoms with E-state index >= 15 is 0 Å². The molecule has 1 aromatic heterocycles. The topological polar surface area (TPSA) is 61.4 Å². The summed E-state index contributed by atoms with van der Waals surface area (Å²) in [4.78, 5) is 3.59. The van der Waals surface area contributed by atoms with Crippen LogP contribution in [-0.4, -0.2) is 46.0 Å². The molecule has 1 fully saturated rings. The van der Waals surface area contributed by atoms with E-state index in [1.54, 1.807) is 11.4 Å². The number of thiophene rings is 1. The Morgan fingerprint density at radius 1 is 1.50 bits per heavy atom. The average molecular weight is 317 g/mol. The number of hydrogen-bond acceptors (Lipinski definition) is 5. The van der Waals surface area contributed by atoms with Crippen LogP contribution in [0.4, 0.5) is 0 Å². The predicted octanol–water partition coefficient (Wildman–Crippen LogP) is 1.23. The smallest absolute Gasteiger partial charge is 0.241 e. The van der Waals surface area contributed by atoms with Gasteiger partial charge in [-0.05, 0) is 39.0 Å². The quantitative estimate of drug-likeness (QED) is 0.743. The first-order valence-electron chi connectivity index (χ1n) is 7.00. The third-order valence-electron chi connectivity index (χ3n) is 3.38.